The molecule has 2 aliphatic rings. The molecule has 9 heteroatoms. The van der Waals surface area contributed by atoms with Gasteiger partial charge in [-0.3, -0.25) is 14.3 Å². The molecule has 0 bridgehead atoms. The zero-order chi connectivity index (χ0) is 22.8. The molecule has 2 amide bonds. The number of piperidine rings is 1. The Morgan fingerprint density at radius 2 is 2.03 bits per heavy atom. The van der Waals surface area contributed by atoms with Crippen molar-refractivity contribution in [1.82, 2.24) is 25.2 Å². The summed E-state index contributed by atoms with van der Waals surface area (Å²) in [6.07, 6.45) is 7.14. The minimum atomic E-state index is -0.496. The Morgan fingerprint density at radius 3 is 2.76 bits per heavy atom. The highest BCUT2D eigenvalue weighted by Crippen LogP contribution is 2.44. The van der Waals surface area contributed by atoms with Crippen molar-refractivity contribution in [1.29, 1.82) is 0 Å². The summed E-state index contributed by atoms with van der Waals surface area (Å²) in [5.41, 5.74) is 3.17. The predicted molar refractivity (Wildman–Crippen MR) is 118 cm³/mol. The summed E-state index contributed by atoms with van der Waals surface area (Å²) < 4.78 is 13.2. The standard InChI is InChI=1S/C24H27N5O4/c1-28-16-17(15-26-28)14-25-22(30)13-19-12-18-4-2-3-5-20(18)24(33-19)7-9-29(10-8-24)23(31)21-6-11-32-27-21/h2-6,11,15-16,19H,7-10,12-14H2,1H3,(H,25,30). The van der Waals surface area contributed by atoms with Crippen molar-refractivity contribution in [3.63, 3.8) is 0 Å². The number of carbonyl (C=O) groups is 2. The van der Waals surface area contributed by atoms with Gasteiger partial charge in [-0.15, -0.1) is 0 Å². The number of ether oxygens (including phenoxy) is 1. The van der Waals surface area contributed by atoms with Crippen molar-refractivity contribution in [2.24, 2.45) is 7.05 Å². The van der Waals surface area contributed by atoms with Crippen LogP contribution >= 0.6 is 0 Å². The van der Waals surface area contributed by atoms with E-state index >= 15 is 0 Å². The van der Waals surface area contributed by atoms with Crippen LogP contribution in [0.5, 0.6) is 0 Å². The van der Waals surface area contributed by atoms with Gasteiger partial charge in [-0.25, -0.2) is 0 Å². The van der Waals surface area contributed by atoms with E-state index in [4.69, 9.17) is 9.26 Å². The molecular formula is C24H27N5O4. The fourth-order valence-corrected chi connectivity index (χ4v) is 4.91. The number of aromatic nitrogens is 3. The molecule has 0 saturated carbocycles. The lowest BCUT2D eigenvalue weighted by Gasteiger charge is -2.47. The molecule has 33 heavy (non-hydrogen) atoms. The fraction of sp³-hybridized carbons (Fsp3) is 0.417. The summed E-state index contributed by atoms with van der Waals surface area (Å²) in [5.74, 6) is -0.175. The lowest BCUT2D eigenvalue weighted by Crippen LogP contribution is -2.50. The second kappa shape index (κ2) is 8.82. The van der Waals surface area contributed by atoms with Crippen LogP contribution in [-0.4, -0.2) is 50.8 Å². The first-order valence-corrected chi connectivity index (χ1v) is 11.2. The largest absolute Gasteiger partial charge is 0.366 e. The Labute approximate surface area is 191 Å². The third-order valence-electron chi connectivity index (χ3n) is 6.52. The molecule has 2 aliphatic heterocycles. The number of rotatable bonds is 5. The van der Waals surface area contributed by atoms with E-state index in [2.05, 4.69) is 27.7 Å². The van der Waals surface area contributed by atoms with E-state index in [1.54, 1.807) is 21.8 Å². The maximum absolute atomic E-state index is 12.7. The summed E-state index contributed by atoms with van der Waals surface area (Å²) in [5, 5.41) is 10.9. The minimum Gasteiger partial charge on any atom is -0.366 e. The summed E-state index contributed by atoms with van der Waals surface area (Å²) in [6.45, 7) is 1.56. The van der Waals surface area contributed by atoms with Gasteiger partial charge in [0.15, 0.2) is 5.69 Å². The second-order valence-corrected chi connectivity index (χ2v) is 8.78. The number of carbonyl (C=O) groups excluding carboxylic acids is 2. The molecule has 9 nitrogen and oxygen atoms in total. The van der Waals surface area contributed by atoms with E-state index in [0.717, 1.165) is 5.56 Å². The van der Waals surface area contributed by atoms with Gasteiger partial charge >= 0.3 is 0 Å². The Kier molecular flexibility index (Phi) is 5.72. The second-order valence-electron chi connectivity index (χ2n) is 8.78. The van der Waals surface area contributed by atoms with Crippen LogP contribution in [0.1, 0.15) is 46.4 Å². The van der Waals surface area contributed by atoms with Gasteiger partial charge in [0.25, 0.3) is 5.91 Å². The zero-order valence-corrected chi connectivity index (χ0v) is 18.6. The van der Waals surface area contributed by atoms with Crippen molar-refractivity contribution in [3.8, 4) is 0 Å². The maximum atomic E-state index is 12.7. The van der Waals surface area contributed by atoms with Crippen molar-refractivity contribution < 1.29 is 18.8 Å². The summed E-state index contributed by atoms with van der Waals surface area (Å²) >= 11 is 0. The Balaban J connectivity index is 1.26. The van der Waals surface area contributed by atoms with Crippen molar-refractivity contribution >= 4 is 11.8 Å². The first kappa shape index (κ1) is 21.4. The zero-order valence-electron chi connectivity index (χ0n) is 18.6. The van der Waals surface area contributed by atoms with Gasteiger partial charge in [0.1, 0.15) is 6.26 Å². The first-order chi connectivity index (χ1) is 16.0. The third-order valence-corrected chi connectivity index (χ3v) is 6.52. The maximum Gasteiger partial charge on any atom is 0.276 e. The smallest absolute Gasteiger partial charge is 0.276 e. The molecule has 0 aliphatic carbocycles. The topological polar surface area (TPSA) is 102 Å². The lowest BCUT2D eigenvalue weighted by atomic mass is 9.77. The van der Waals surface area contributed by atoms with Crippen LogP contribution < -0.4 is 5.32 Å². The molecule has 0 radical (unpaired) electrons. The first-order valence-electron chi connectivity index (χ1n) is 11.2. The monoisotopic (exact) mass is 449 g/mol. The average molecular weight is 450 g/mol. The molecule has 5 rings (SSSR count). The van der Waals surface area contributed by atoms with Crippen molar-refractivity contribution in [3.05, 3.63) is 71.4 Å². The summed E-state index contributed by atoms with van der Waals surface area (Å²) in [4.78, 5) is 27.1. The van der Waals surface area contributed by atoms with Crippen molar-refractivity contribution in [2.45, 2.75) is 43.9 Å². The summed E-state index contributed by atoms with van der Waals surface area (Å²) in [7, 11) is 1.85. The van der Waals surface area contributed by atoms with Crippen LogP contribution in [-0.2, 0) is 35.1 Å². The molecule has 3 aromatic rings. The van der Waals surface area contributed by atoms with Crippen LogP contribution in [0.2, 0.25) is 0 Å². The molecule has 1 atom stereocenters. The van der Waals surface area contributed by atoms with Gasteiger partial charge in [0, 0.05) is 44.5 Å². The van der Waals surface area contributed by atoms with Gasteiger partial charge in [0.05, 0.1) is 24.3 Å². The molecule has 4 heterocycles. The number of likely N-dealkylation sites (tertiary alicyclic amines) is 1. The van der Waals surface area contributed by atoms with Gasteiger partial charge in [-0.05, 0) is 30.4 Å². The van der Waals surface area contributed by atoms with E-state index in [-0.39, 0.29) is 24.3 Å². The number of hydrogen-bond acceptors (Lipinski definition) is 6. The normalized spacial score (nSPS) is 19.3. The highest BCUT2D eigenvalue weighted by atomic mass is 16.5. The van der Waals surface area contributed by atoms with E-state index < -0.39 is 5.60 Å². The number of aryl methyl sites for hydroxylation is 1. The highest BCUT2D eigenvalue weighted by Gasteiger charge is 2.44. The van der Waals surface area contributed by atoms with E-state index in [0.29, 0.717) is 44.6 Å². The Hall–Kier alpha value is -3.46. The van der Waals surface area contributed by atoms with Gasteiger partial charge in [-0.2, -0.15) is 5.10 Å². The lowest BCUT2D eigenvalue weighted by molar-refractivity contribution is -0.147. The average Bonchev–Trinajstić information content (AvgIpc) is 3.50. The van der Waals surface area contributed by atoms with Crippen LogP contribution in [0, 0.1) is 0 Å². The van der Waals surface area contributed by atoms with Crippen LogP contribution in [0.4, 0.5) is 0 Å². The van der Waals surface area contributed by atoms with Gasteiger partial charge in [0.2, 0.25) is 5.91 Å². The molecule has 1 saturated heterocycles. The van der Waals surface area contributed by atoms with E-state index in [9.17, 15) is 9.59 Å². The highest BCUT2D eigenvalue weighted by molar-refractivity contribution is 5.92. The van der Waals surface area contributed by atoms with Crippen molar-refractivity contribution in [2.75, 3.05) is 13.1 Å². The van der Waals surface area contributed by atoms with E-state index in [1.807, 2.05) is 25.4 Å². The molecule has 1 fully saturated rings. The Morgan fingerprint density at radius 1 is 1.21 bits per heavy atom. The number of nitrogens with zero attached hydrogens (tertiary/aromatic N) is 4. The van der Waals surface area contributed by atoms with Gasteiger partial charge < -0.3 is 19.5 Å². The molecular weight excluding hydrogens is 422 g/mol. The molecule has 172 valence electrons. The summed E-state index contributed by atoms with van der Waals surface area (Å²) in [6, 6.07) is 9.87. The van der Waals surface area contributed by atoms with Crippen LogP contribution in [0.3, 0.4) is 0 Å². The molecule has 2 aromatic heterocycles. The van der Waals surface area contributed by atoms with Crippen LogP contribution in [0.15, 0.2) is 53.5 Å². The third kappa shape index (κ3) is 4.41. The minimum absolute atomic E-state index is 0.0444. The molecule has 1 aromatic carbocycles. The number of amides is 2. The molecule has 1 unspecified atom stereocenters. The number of benzene rings is 1. The quantitative estimate of drug-likeness (QED) is 0.641. The number of hydrogen-bond donors (Lipinski definition) is 1. The SMILES string of the molecule is Cn1cc(CNC(=O)CC2Cc3ccccc3C3(CCN(C(=O)c4ccon4)CC3)O2)cn1. The molecule has 1 N–H and O–H groups in total. The van der Waals surface area contributed by atoms with E-state index in [1.165, 1.54) is 17.4 Å². The van der Waals surface area contributed by atoms with Crippen LogP contribution in [0.25, 0.3) is 0 Å². The predicted octanol–water partition coefficient (Wildman–Crippen LogP) is 2.19. The fourth-order valence-electron chi connectivity index (χ4n) is 4.91. The van der Waals surface area contributed by atoms with Gasteiger partial charge in [-0.1, -0.05) is 29.4 Å². The Bertz CT molecular complexity index is 1130. The number of nitrogens with one attached hydrogen (secondary N) is 1. The number of fused-ring (bicyclic) bond motifs is 2. The molecule has 1 spiro atoms.